The number of hydrogen-bond donors (Lipinski definition) is 1. The summed E-state index contributed by atoms with van der Waals surface area (Å²) in [5.74, 6) is -1.21. The zero-order valence-electron chi connectivity index (χ0n) is 12.2. The number of carbonyl (C=O) groups is 1. The van der Waals surface area contributed by atoms with Crippen LogP contribution in [0.3, 0.4) is 0 Å². The molecule has 0 aliphatic carbocycles. The smallest absolute Gasteiger partial charge is 0.347 e. The molecule has 0 aliphatic heterocycles. The minimum absolute atomic E-state index is 0.128. The highest BCUT2D eigenvalue weighted by atomic mass is 32.1. The third-order valence-electron chi connectivity index (χ3n) is 2.94. The number of nitrogens with zero attached hydrogens (tertiary/aromatic N) is 1. The van der Waals surface area contributed by atoms with E-state index in [0.29, 0.717) is 16.5 Å². The summed E-state index contributed by atoms with van der Waals surface area (Å²) in [5, 5.41) is 9.64. The first kappa shape index (κ1) is 15.4. The van der Waals surface area contributed by atoms with Gasteiger partial charge in [0.05, 0.1) is 18.4 Å². The molecule has 0 aliphatic rings. The topological polar surface area (TPSA) is 59.4 Å². The Balaban J connectivity index is 2.70. The summed E-state index contributed by atoms with van der Waals surface area (Å²) >= 11 is 0.961. The molecule has 0 bridgehead atoms. The van der Waals surface area contributed by atoms with Crippen molar-refractivity contribution in [3.63, 3.8) is 0 Å². The molecule has 0 atom stereocenters. The van der Waals surface area contributed by atoms with Crippen LogP contribution in [0.4, 0.5) is 4.39 Å². The normalized spacial score (nSPS) is 11.5. The van der Waals surface area contributed by atoms with Crippen molar-refractivity contribution >= 4 is 17.3 Å². The van der Waals surface area contributed by atoms with Crippen LogP contribution in [0.1, 0.15) is 36.1 Å². The number of carboxylic acid groups (broad SMARTS) is 1. The summed E-state index contributed by atoms with van der Waals surface area (Å²) in [6.45, 7) is 5.62. The largest absolute Gasteiger partial charge is 0.496 e. The highest BCUT2D eigenvalue weighted by Crippen LogP contribution is 2.39. The van der Waals surface area contributed by atoms with Crippen LogP contribution in [0.25, 0.3) is 10.6 Å². The van der Waals surface area contributed by atoms with Crippen molar-refractivity contribution in [3.8, 4) is 16.3 Å². The molecule has 112 valence electrons. The Labute approximate surface area is 126 Å². The van der Waals surface area contributed by atoms with E-state index < -0.39 is 17.2 Å². The summed E-state index contributed by atoms with van der Waals surface area (Å²) in [6, 6.07) is 4.46. The van der Waals surface area contributed by atoms with E-state index in [1.165, 1.54) is 19.2 Å². The van der Waals surface area contributed by atoms with Gasteiger partial charge in [-0.15, -0.1) is 11.3 Å². The molecule has 6 heteroatoms. The number of carboxylic acids is 1. The van der Waals surface area contributed by atoms with Crippen molar-refractivity contribution in [3.05, 3.63) is 34.6 Å². The third kappa shape index (κ3) is 2.90. The lowest BCUT2D eigenvalue weighted by Gasteiger charge is -2.16. The van der Waals surface area contributed by atoms with E-state index in [1.807, 2.05) is 20.8 Å². The number of aromatic nitrogens is 1. The molecule has 1 heterocycles. The SMILES string of the molecule is COc1cccc(F)c1-c1nc(C(C)(C)C)c(C(=O)O)s1. The fourth-order valence-electron chi connectivity index (χ4n) is 1.96. The lowest BCUT2D eigenvalue weighted by molar-refractivity contribution is 0.0699. The quantitative estimate of drug-likeness (QED) is 0.932. The molecular formula is C15H16FNO3S. The van der Waals surface area contributed by atoms with Gasteiger partial charge < -0.3 is 9.84 Å². The van der Waals surface area contributed by atoms with E-state index in [9.17, 15) is 14.3 Å². The minimum atomic E-state index is -1.06. The van der Waals surface area contributed by atoms with E-state index >= 15 is 0 Å². The first-order chi connectivity index (χ1) is 9.75. The van der Waals surface area contributed by atoms with E-state index in [2.05, 4.69) is 4.98 Å². The molecule has 2 aromatic rings. The first-order valence-electron chi connectivity index (χ1n) is 6.33. The molecule has 21 heavy (non-hydrogen) atoms. The van der Waals surface area contributed by atoms with Crippen molar-refractivity contribution in [2.45, 2.75) is 26.2 Å². The third-order valence-corrected chi connectivity index (χ3v) is 4.00. The monoisotopic (exact) mass is 309 g/mol. The highest BCUT2D eigenvalue weighted by Gasteiger charge is 2.28. The number of halogens is 1. The Morgan fingerprint density at radius 3 is 2.52 bits per heavy atom. The number of ether oxygens (including phenoxy) is 1. The molecular weight excluding hydrogens is 293 g/mol. The lowest BCUT2D eigenvalue weighted by Crippen LogP contribution is -2.16. The van der Waals surface area contributed by atoms with Gasteiger partial charge in [-0.05, 0) is 12.1 Å². The summed E-state index contributed by atoms with van der Waals surface area (Å²) in [6.07, 6.45) is 0. The van der Waals surface area contributed by atoms with E-state index in [4.69, 9.17) is 4.74 Å². The van der Waals surface area contributed by atoms with E-state index in [-0.39, 0.29) is 10.4 Å². The molecule has 0 saturated carbocycles. The molecule has 0 fully saturated rings. The molecule has 4 nitrogen and oxygen atoms in total. The standard InChI is InChI=1S/C15H16FNO3S/c1-15(2,3)12-11(14(18)19)21-13(17-12)10-8(16)6-5-7-9(10)20-4/h5-7H,1-4H3,(H,18,19). The second-order valence-corrected chi connectivity index (χ2v) is 6.57. The molecule has 0 saturated heterocycles. The van der Waals surface area contributed by atoms with Crippen LogP contribution in [-0.4, -0.2) is 23.2 Å². The fraction of sp³-hybridized carbons (Fsp3) is 0.333. The number of aromatic carboxylic acids is 1. The first-order valence-corrected chi connectivity index (χ1v) is 7.15. The number of methoxy groups -OCH3 is 1. The number of benzene rings is 1. The van der Waals surface area contributed by atoms with Crippen LogP contribution in [0.2, 0.25) is 0 Å². The number of rotatable bonds is 3. The number of hydrogen-bond acceptors (Lipinski definition) is 4. The Bertz CT molecular complexity index is 689. The van der Waals surface area contributed by atoms with Gasteiger partial charge in [-0.1, -0.05) is 26.8 Å². The summed E-state index contributed by atoms with van der Waals surface area (Å²) < 4.78 is 19.3. The maximum absolute atomic E-state index is 14.1. The Kier molecular flexibility index (Phi) is 4.00. The molecule has 2 rings (SSSR count). The molecule has 1 aromatic heterocycles. The molecule has 1 N–H and O–H groups in total. The summed E-state index contributed by atoms with van der Waals surface area (Å²) in [4.78, 5) is 15.9. The van der Waals surface area contributed by atoms with Gasteiger partial charge in [-0.3, -0.25) is 0 Å². The fourth-order valence-corrected chi connectivity index (χ4v) is 3.13. The Morgan fingerprint density at radius 1 is 1.38 bits per heavy atom. The Hall–Kier alpha value is -1.95. The number of thiazole rings is 1. The summed E-state index contributed by atoms with van der Waals surface area (Å²) in [7, 11) is 1.44. The van der Waals surface area contributed by atoms with Crippen LogP contribution >= 0.6 is 11.3 Å². The van der Waals surface area contributed by atoms with Gasteiger partial charge in [0.2, 0.25) is 0 Å². The highest BCUT2D eigenvalue weighted by molar-refractivity contribution is 7.17. The van der Waals surface area contributed by atoms with E-state index in [1.54, 1.807) is 6.07 Å². The molecule has 0 spiro atoms. The second kappa shape index (κ2) is 5.44. The Morgan fingerprint density at radius 2 is 2.05 bits per heavy atom. The molecule has 1 aromatic carbocycles. The van der Waals surface area contributed by atoms with Crippen LogP contribution < -0.4 is 4.74 Å². The van der Waals surface area contributed by atoms with Gasteiger partial charge in [-0.25, -0.2) is 14.2 Å². The zero-order valence-corrected chi connectivity index (χ0v) is 13.0. The van der Waals surface area contributed by atoms with E-state index in [0.717, 1.165) is 11.3 Å². The van der Waals surface area contributed by atoms with Crippen molar-refractivity contribution in [1.82, 2.24) is 4.98 Å². The van der Waals surface area contributed by atoms with Gasteiger partial charge >= 0.3 is 5.97 Å². The van der Waals surface area contributed by atoms with Crippen molar-refractivity contribution < 1.29 is 19.0 Å². The van der Waals surface area contributed by atoms with Crippen molar-refractivity contribution in [1.29, 1.82) is 0 Å². The van der Waals surface area contributed by atoms with Gasteiger partial charge in [-0.2, -0.15) is 0 Å². The molecule has 0 radical (unpaired) electrons. The van der Waals surface area contributed by atoms with Gasteiger partial charge in [0.15, 0.2) is 0 Å². The predicted molar refractivity (Wildman–Crippen MR) is 79.7 cm³/mol. The maximum atomic E-state index is 14.1. The van der Waals surface area contributed by atoms with Crippen molar-refractivity contribution in [2.24, 2.45) is 0 Å². The van der Waals surface area contributed by atoms with Crippen LogP contribution in [0, 0.1) is 5.82 Å². The van der Waals surface area contributed by atoms with Gasteiger partial charge in [0.1, 0.15) is 21.5 Å². The van der Waals surface area contributed by atoms with Crippen LogP contribution in [0.5, 0.6) is 5.75 Å². The average molecular weight is 309 g/mol. The van der Waals surface area contributed by atoms with Gasteiger partial charge in [0, 0.05) is 5.41 Å². The van der Waals surface area contributed by atoms with Gasteiger partial charge in [0.25, 0.3) is 0 Å². The van der Waals surface area contributed by atoms with Crippen molar-refractivity contribution in [2.75, 3.05) is 7.11 Å². The minimum Gasteiger partial charge on any atom is -0.496 e. The average Bonchev–Trinajstić information content (AvgIpc) is 2.83. The second-order valence-electron chi connectivity index (χ2n) is 5.57. The van der Waals surface area contributed by atoms with Crippen LogP contribution in [0.15, 0.2) is 18.2 Å². The zero-order chi connectivity index (χ0) is 15.8. The maximum Gasteiger partial charge on any atom is 0.347 e. The lowest BCUT2D eigenvalue weighted by atomic mass is 9.91. The predicted octanol–water partition coefficient (Wildman–Crippen LogP) is 3.95. The summed E-state index contributed by atoms with van der Waals surface area (Å²) in [5.41, 5.74) is 0.198. The molecule has 0 amide bonds. The van der Waals surface area contributed by atoms with Crippen LogP contribution in [-0.2, 0) is 5.41 Å². The molecule has 0 unspecified atom stereocenters.